The highest BCUT2D eigenvalue weighted by Gasteiger charge is 2.07. The third kappa shape index (κ3) is 2.18. The van der Waals surface area contributed by atoms with Gasteiger partial charge in [0.25, 0.3) is 0 Å². The SMILES string of the molecule is Cc1ccc(I)c([C@@H](N)CO)c1. The van der Waals surface area contributed by atoms with Gasteiger partial charge in [0.1, 0.15) is 0 Å². The van der Waals surface area contributed by atoms with Crippen LogP contribution in [0.3, 0.4) is 0 Å². The Morgan fingerprint density at radius 2 is 2.25 bits per heavy atom. The largest absolute Gasteiger partial charge is 0.394 e. The number of halogens is 1. The summed E-state index contributed by atoms with van der Waals surface area (Å²) in [5.74, 6) is 0. The van der Waals surface area contributed by atoms with Gasteiger partial charge in [0.2, 0.25) is 0 Å². The lowest BCUT2D eigenvalue weighted by Crippen LogP contribution is -2.15. The summed E-state index contributed by atoms with van der Waals surface area (Å²) in [6.45, 7) is 2.02. The average molecular weight is 277 g/mol. The van der Waals surface area contributed by atoms with Gasteiger partial charge in [0.15, 0.2) is 0 Å². The molecule has 0 fully saturated rings. The average Bonchev–Trinajstić information content (AvgIpc) is 2.08. The maximum atomic E-state index is 8.88. The minimum atomic E-state index is -0.253. The lowest BCUT2D eigenvalue weighted by atomic mass is 10.1. The van der Waals surface area contributed by atoms with Gasteiger partial charge in [-0.05, 0) is 41.1 Å². The number of nitrogens with two attached hydrogens (primary N) is 1. The normalized spacial score (nSPS) is 13.0. The molecule has 2 nitrogen and oxygen atoms in total. The summed E-state index contributed by atoms with van der Waals surface area (Å²) in [7, 11) is 0. The maximum Gasteiger partial charge on any atom is 0.0624 e. The molecule has 3 heteroatoms. The highest BCUT2D eigenvalue weighted by molar-refractivity contribution is 14.1. The van der Waals surface area contributed by atoms with E-state index in [-0.39, 0.29) is 12.6 Å². The Balaban J connectivity index is 3.04. The molecule has 0 unspecified atom stereocenters. The summed E-state index contributed by atoms with van der Waals surface area (Å²) in [6.07, 6.45) is 0. The van der Waals surface area contributed by atoms with E-state index in [1.165, 1.54) is 5.56 Å². The number of benzene rings is 1. The topological polar surface area (TPSA) is 46.2 Å². The van der Waals surface area contributed by atoms with Crippen LogP contribution < -0.4 is 5.73 Å². The Hall–Kier alpha value is -0.130. The maximum absolute atomic E-state index is 8.88. The molecule has 1 atom stereocenters. The van der Waals surface area contributed by atoms with Crippen molar-refractivity contribution >= 4 is 22.6 Å². The van der Waals surface area contributed by atoms with E-state index in [1.54, 1.807) is 0 Å². The van der Waals surface area contributed by atoms with E-state index in [2.05, 4.69) is 22.6 Å². The molecular weight excluding hydrogens is 265 g/mol. The summed E-state index contributed by atoms with van der Waals surface area (Å²) in [6, 6.07) is 5.82. The molecule has 0 aliphatic heterocycles. The first-order chi connectivity index (χ1) is 5.65. The minimum Gasteiger partial charge on any atom is -0.394 e. The monoisotopic (exact) mass is 277 g/mol. The van der Waals surface area contributed by atoms with Crippen molar-refractivity contribution in [3.8, 4) is 0 Å². The molecule has 0 radical (unpaired) electrons. The van der Waals surface area contributed by atoms with Crippen LogP contribution in [0.2, 0.25) is 0 Å². The zero-order valence-electron chi connectivity index (χ0n) is 6.92. The van der Waals surface area contributed by atoms with Crippen molar-refractivity contribution in [2.24, 2.45) is 5.73 Å². The van der Waals surface area contributed by atoms with Crippen LogP contribution in [0.25, 0.3) is 0 Å². The van der Waals surface area contributed by atoms with E-state index in [0.717, 1.165) is 9.13 Å². The Morgan fingerprint density at radius 3 is 2.83 bits per heavy atom. The van der Waals surface area contributed by atoms with Gasteiger partial charge in [-0.3, -0.25) is 0 Å². The smallest absolute Gasteiger partial charge is 0.0624 e. The summed E-state index contributed by atoms with van der Waals surface area (Å²) in [5, 5.41) is 8.88. The van der Waals surface area contributed by atoms with Gasteiger partial charge in [0, 0.05) is 3.57 Å². The van der Waals surface area contributed by atoms with Gasteiger partial charge in [-0.15, -0.1) is 0 Å². The Labute approximate surface area is 85.9 Å². The van der Waals surface area contributed by atoms with E-state index in [0.29, 0.717) is 0 Å². The predicted octanol–water partition coefficient (Wildman–Crippen LogP) is 1.59. The van der Waals surface area contributed by atoms with Crippen LogP contribution in [0.1, 0.15) is 17.2 Å². The Kier molecular flexibility index (Phi) is 3.49. The van der Waals surface area contributed by atoms with E-state index in [4.69, 9.17) is 10.8 Å². The van der Waals surface area contributed by atoms with Crippen molar-refractivity contribution in [3.63, 3.8) is 0 Å². The molecule has 0 aromatic heterocycles. The summed E-state index contributed by atoms with van der Waals surface area (Å²) in [4.78, 5) is 0. The van der Waals surface area contributed by atoms with Crippen LogP contribution in [0.4, 0.5) is 0 Å². The highest BCUT2D eigenvalue weighted by Crippen LogP contribution is 2.19. The van der Waals surface area contributed by atoms with E-state index < -0.39 is 0 Å². The second-order valence-corrected chi connectivity index (χ2v) is 3.98. The lowest BCUT2D eigenvalue weighted by molar-refractivity contribution is 0.267. The Bertz CT molecular complexity index is 275. The molecular formula is C9H12INO. The molecule has 12 heavy (non-hydrogen) atoms. The molecule has 1 rings (SSSR count). The first-order valence-electron chi connectivity index (χ1n) is 3.77. The first kappa shape index (κ1) is 9.95. The van der Waals surface area contributed by atoms with E-state index in [1.807, 2.05) is 25.1 Å². The minimum absolute atomic E-state index is 0.000541. The Morgan fingerprint density at radius 1 is 1.58 bits per heavy atom. The summed E-state index contributed by atoms with van der Waals surface area (Å²) in [5.41, 5.74) is 7.91. The molecule has 0 bridgehead atoms. The fourth-order valence-corrected chi connectivity index (χ4v) is 1.78. The second-order valence-electron chi connectivity index (χ2n) is 2.81. The molecule has 0 saturated carbocycles. The van der Waals surface area contributed by atoms with Gasteiger partial charge in [-0.25, -0.2) is 0 Å². The second kappa shape index (κ2) is 4.20. The van der Waals surface area contributed by atoms with Crippen LogP contribution in [0.15, 0.2) is 18.2 Å². The van der Waals surface area contributed by atoms with Crippen LogP contribution in [-0.2, 0) is 0 Å². The molecule has 3 N–H and O–H groups in total. The molecule has 66 valence electrons. The van der Waals surface area contributed by atoms with Gasteiger partial charge in [-0.2, -0.15) is 0 Å². The van der Waals surface area contributed by atoms with Gasteiger partial charge in [-0.1, -0.05) is 17.7 Å². The van der Waals surface area contributed by atoms with Crippen molar-refractivity contribution in [3.05, 3.63) is 32.9 Å². The number of hydrogen-bond donors (Lipinski definition) is 2. The van der Waals surface area contributed by atoms with Gasteiger partial charge in [0.05, 0.1) is 12.6 Å². The van der Waals surface area contributed by atoms with Crippen LogP contribution >= 0.6 is 22.6 Å². The van der Waals surface area contributed by atoms with E-state index in [9.17, 15) is 0 Å². The zero-order valence-corrected chi connectivity index (χ0v) is 9.08. The fraction of sp³-hybridized carbons (Fsp3) is 0.333. The van der Waals surface area contributed by atoms with Crippen molar-refractivity contribution in [1.82, 2.24) is 0 Å². The standard InChI is InChI=1S/C9H12INO/c1-6-2-3-8(10)7(4-6)9(11)5-12/h2-4,9,12H,5,11H2,1H3/t9-/m0/s1. The zero-order chi connectivity index (χ0) is 9.14. The number of aliphatic hydroxyl groups excluding tert-OH is 1. The highest BCUT2D eigenvalue weighted by atomic mass is 127. The van der Waals surface area contributed by atoms with Crippen molar-refractivity contribution in [2.45, 2.75) is 13.0 Å². The molecule has 0 aliphatic rings. The quantitative estimate of drug-likeness (QED) is 0.806. The van der Waals surface area contributed by atoms with Gasteiger partial charge >= 0.3 is 0 Å². The van der Waals surface area contributed by atoms with Crippen LogP contribution in [-0.4, -0.2) is 11.7 Å². The van der Waals surface area contributed by atoms with Crippen molar-refractivity contribution in [2.75, 3.05) is 6.61 Å². The molecule has 0 spiro atoms. The predicted molar refractivity (Wildman–Crippen MR) is 57.9 cm³/mol. The molecule has 1 aromatic rings. The van der Waals surface area contributed by atoms with Crippen LogP contribution in [0, 0.1) is 10.5 Å². The third-order valence-corrected chi connectivity index (χ3v) is 2.73. The number of hydrogen-bond acceptors (Lipinski definition) is 2. The van der Waals surface area contributed by atoms with Crippen molar-refractivity contribution in [1.29, 1.82) is 0 Å². The number of aliphatic hydroxyl groups is 1. The molecule has 1 aromatic carbocycles. The molecule has 0 amide bonds. The molecule has 0 saturated heterocycles. The van der Waals surface area contributed by atoms with E-state index >= 15 is 0 Å². The lowest BCUT2D eigenvalue weighted by Gasteiger charge is -2.11. The van der Waals surface area contributed by atoms with Crippen LogP contribution in [0.5, 0.6) is 0 Å². The molecule has 0 heterocycles. The molecule has 0 aliphatic carbocycles. The van der Waals surface area contributed by atoms with Gasteiger partial charge < -0.3 is 10.8 Å². The third-order valence-electron chi connectivity index (χ3n) is 1.75. The fourth-order valence-electron chi connectivity index (χ4n) is 1.05. The summed E-state index contributed by atoms with van der Waals surface area (Å²) < 4.78 is 1.11. The summed E-state index contributed by atoms with van der Waals surface area (Å²) >= 11 is 2.22. The number of rotatable bonds is 2. The number of aryl methyl sites for hydroxylation is 1. The first-order valence-corrected chi connectivity index (χ1v) is 4.85. The van der Waals surface area contributed by atoms with Crippen molar-refractivity contribution < 1.29 is 5.11 Å².